The van der Waals surface area contributed by atoms with E-state index in [-0.39, 0.29) is 23.8 Å². The highest BCUT2D eigenvalue weighted by Crippen LogP contribution is 2.41. The van der Waals surface area contributed by atoms with Crippen molar-refractivity contribution < 1.29 is 17.9 Å². The van der Waals surface area contributed by atoms with E-state index >= 15 is 0 Å². The summed E-state index contributed by atoms with van der Waals surface area (Å²) in [5.74, 6) is 1.43. The number of rotatable bonds is 6. The van der Waals surface area contributed by atoms with Crippen molar-refractivity contribution >= 4 is 22.5 Å². The van der Waals surface area contributed by atoms with Crippen molar-refractivity contribution in [2.75, 3.05) is 23.3 Å². The molecule has 1 saturated heterocycles. The van der Waals surface area contributed by atoms with E-state index in [4.69, 9.17) is 4.74 Å². The highest BCUT2D eigenvalue weighted by atomic mass is 32.1. The number of fused-ring (bicyclic) bond motifs is 2. The van der Waals surface area contributed by atoms with Gasteiger partial charge in [0.1, 0.15) is 10.8 Å². The predicted molar refractivity (Wildman–Crippen MR) is 125 cm³/mol. The SMILES string of the molecule is Cc1cc(N2C[C@H]3CC[C@@H](C2)[C@H]3Nc2nc(Oc3cccc(C(F)(F)F)c3)n(C(C)C)n2)sn1. The molecule has 3 atom stereocenters. The third kappa shape index (κ3) is 4.57. The molecule has 182 valence electrons. The highest BCUT2D eigenvalue weighted by Gasteiger charge is 2.43. The van der Waals surface area contributed by atoms with Crippen molar-refractivity contribution in [1.82, 2.24) is 19.1 Å². The Hall–Kier alpha value is -2.82. The van der Waals surface area contributed by atoms with Crippen LogP contribution in [0.25, 0.3) is 0 Å². The molecule has 11 heteroatoms. The lowest BCUT2D eigenvalue weighted by atomic mass is 9.92. The van der Waals surface area contributed by atoms with Crippen LogP contribution in [-0.4, -0.2) is 38.3 Å². The molecule has 7 nitrogen and oxygen atoms in total. The summed E-state index contributed by atoms with van der Waals surface area (Å²) in [5.41, 5.74) is 0.280. The maximum absolute atomic E-state index is 13.1. The molecule has 2 fully saturated rings. The lowest BCUT2D eigenvalue weighted by molar-refractivity contribution is -0.137. The standard InChI is InChI=1S/C23H27F3N6OS/c1-13(2)32-22(33-18-6-4-5-17(10-18)23(24,25)26)28-21(29-32)27-20-15-7-8-16(20)12-31(11-15)19-9-14(3)30-34-19/h4-6,9-10,13,15-16,20H,7-8,11-12H2,1-3H3,(H,27,29)/t15-,16+,20+. The second kappa shape index (κ2) is 8.75. The molecule has 2 bridgehead atoms. The van der Waals surface area contributed by atoms with Crippen LogP contribution in [0.15, 0.2) is 30.3 Å². The highest BCUT2D eigenvalue weighted by molar-refractivity contribution is 7.10. The molecule has 1 aliphatic heterocycles. The molecule has 3 aromatic rings. The van der Waals surface area contributed by atoms with Crippen LogP contribution in [0.4, 0.5) is 24.1 Å². The van der Waals surface area contributed by atoms with Gasteiger partial charge in [-0.25, -0.2) is 4.68 Å². The molecule has 2 aliphatic rings. The number of nitrogens with zero attached hydrogens (tertiary/aromatic N) is 5. The Morgan fingerprint density at radius 2 is 1.88 bits per heavy atom. The minimum absolute atomic E-state index is 0.0722. The molecule has 3 heterocycles. The van der Waals surface area contributed by atoms with Crippen molar-refractivity contribution in [2.45, 2.75) is 51.9 Å². The van der Waals surface area contributed by atoms with Gasteiger partial charge in [0.05, 0.1) is 17.3 Å². The number of aromatic nitrogens is 4. The van der Waals surface area contributed by atoms with Crippen molar-refractivity contribution in [3.63, 3.8) is 0 Å². The van der Waals surface area contributed by atoms with Gasteiger partial charge in [0.15, 0.2) is 0 Å². The van der Waals surface area contributed by atoms with Crippen LogP contribution in [0.2, 0.25) is 0 Å². The summed E-state index contributed by atoms with van der Waals surface area (Å²) < 4.78 is 51.0. The first-order chi connectivity index (χ1) is 16.2. The maximum Gasteiger partial charge on any atom is 0.416 e. The zero-order valence-electron chi connectivity index (χ0n) is 19.2. The van der Waals surface area contributed by atoms with E-state index in [1.54, 1.807) is 16.2 Å². The summed E-state index contributed by atoms with van der Waals surface area (Å²) >= 11 is 1.55. The number of anilines is 2. The second-order valence-electron chi connectivity index (χ2n) is 9.36. The quantitative estimate of drug-likeness (QED) is 0.472. The van der Waals surface area contributed by atoms with Gasteiger partial charge in [0.2, 0.25) is 5.95 Å². The summed E-state index contributed by atoms with van der Waals surface area (Å²) in [6.07, 6.45) is -2.17. The zero-order chi connectivity index (χ0) is 24.0. The van der Waals surface area contributed by atoms with Gasteiger partial charge in [-0.1, -0.05) is 6.07 Å². The summed E-state index contributed by atoms with van der Waals surface area (Å²) in [7, 11) is 0. The van der Waals surface area contributed by atoms with Crippen LogP contribution < -0.4 is 15.0 Å². The Bertz CT molecular complexity index is 1150. The lowest BCUT2D eigenvalue weighted by Crippen LogP contribution is -2.48. The second-order valence-corrected chi connectivity index (χ2v) is 10.1. The van der Waals surface area contributed by atoms with Crippen molar-refractivity contribution in [3.8, 4) is 11.8 Å². The van der Waals surface area contributed by atoms with E-state index in [9.17, 15) is 13.2 Å². The van der Waals surface area contributed by atoms with Crippen LogP contribution in [0.1, 0.15) is 44.0 Å². The molecule has 5 rings (SSSR count). The number of benzene rings is 1. The molecule has 0 amide bonds. The van der Waals surface area contributed by atoms with Crippen molar-refractivity contribution in [3.05, 3.63) is 41.6 Å². The topological polar surface area (TPSA) is 68.1 Å². The fourth-order valence-electron chi connectivity index (χ4n) is 4.90. The fourth-order valence-corrected chi connectivity index (χ4v) is 5.68. The normalized spacial score (nSPS) is 22.4. The fraction of sp³-hybridized carbons (Fsp3) is 0.522. The van der Waals surface area contributed by atoms with E-state index < -0.39 is 11.7 Å². The van der Waals surface area contributed by atoms with Crippen LogP contribution in [0, 0.1) is 18.8 Å². The summed E-state index contributed by atoms with van der Waals surface area (Å²) in [6.45, 7) is 7.77. The molecule has 2 aromatic heterocycles. The van der Waals surface area contributed by atoms with Gasteiger partial charge in [-0.05, 0) is 81.2 Å². The molecule has 1 N–H and O–H groups in total. The average Bonchev–Trinajstić information content (AvgIpc) is 3.44. The number of piperidine rings is 1. The van der Waals surface area contributed by atoms with E-state index in [0.29, 0.717) is 17.8 Å². The van der Waals surface area contributed by atoms with Gasteiger partial charge in [-0.2, -0.15) is 22.5 Å². The molecule has 0 radical (unpaired) electrons. The van der Waals surface area contributed by atoms with E-state index in [1.165, 1.54) is 17.1 Å². The molecule has 1 saturated carbocycles. The summed E-state index contributed by atoms with van der Waals surface area (Å²) in [4.78, 5) is 6.93. The van der Waals surface area contributed by atoms with Gasteiger partial charge in [0, 0.05) is 19.1 Å². The van der Waals surface area contributed by atoms with E-state index in [2.05, 4.69) is 30.7 Å². The monoisotopic (exact) mass is 492 g/mol. The van der Waals surface area contributed by atoms with Gasteiger partial charge in [0.25, 0.3) is 0 Å². The third-order valence-corrected chi connectivity index (χ3v) is 7.46. The number of halogens is 3. The first-order valence-corrected chi connectivity index (χ1v) is 12.2. The first kappa shape index (κ1) is 22.9. The summed E-state index contributed by atoms with van der Waals surface area (Å²) in [5, 5.41) is 9.30. The molecule has 34 heavy (non-hydrogen) atoms. The smallest absolute Gasteiger partial charge is 0.416 e. The van der Waals surface area contributed by atoms with Crippen LogP contribution in [-0.2, 0) is 6.18 Å². The number of hydrogen-bond donors (Lipinski definition) is 1. The Morgan fingerprint density at radius 3 is 2.50 bits per heavy atom. The molecule has 1 aromatic carbocycles. The van der Waals surface area contributed by atoms with Crippen LogP contribution in [0.3, 0.4) is 0 Å². The number of ether oxygens (including phenoxy) is 1. The molecule has 0 unspecified atom stereocenters. The molecule has 1 aliphatic carbocycles. The van der Waals surface area contributed by atoms with Crippen LogP contribution >= 0.6 is 11.5 Å². The number of aryl methyl sites for hydroxylation is 1. The predicted octanol–water partition coefficient (Wildman–Crippen LogP) is 5.76. The summed E-state index contributed by atoms with van der Waals surface area (Å²) in [6, 6.07) is 7.28. The zero-order valence-corrected chi connectivity index (χ0v) is 20.0. The Kier molecular flexibility index (Phi) is 5.91. The Morgan fingerprint density at radius 1 is 1.15 bits per heavy atom. The van der Waals surface area contributed by atoms with Crippen molar-refractivity contribution in [2.24, 2.45) is 11.8 Å². The third-order valence-electron chi connectivity index (χ3n) is 6.52. The average molecular weight is 493 g/mol. The maximum atomic E-state index is 13.1. The number of hydrogen-bond acceptors (Lipinski definition) is 7. The Labute approximate surface area is 200 Å². The lowest BCUT2D eigenvalue weighted by Gasteiger charge is -2.38. The molecule has 0 spiro atoms. The number of alkyl halides is 3. The minimum atomic E-state index is -4.44. The van der Waals surface area contributed by atoms with Crippen LogP contribution in [0.5, 0.6) is 11.8 Å². The van der Waals surface area contributed by atoms with Gasteiger partial charge in [-0.15, -0.1) is 5.10 Å². The minimum Gasteiger partial charge on any atom is -0.424 e. The first-order valence-electron chi connectivity index (χ1n) is 11.4. The van der Waals surface area contributed by atoms with E-state index in [0.717, 1.165) is 43.8 Å². The van der Waals surface area contributed by atoms with Gasteiger partial charge >= 0.3 is 12.2 Å². The van der Waals surface area contributed by atoms with Gasteiger partial charge < -0.3 is 15.0 Å². The molecular weight excluding hydrogens is 465 g/mol. The van der Waals surface area contributed by atoms with Crippen molar-refractivity contribution in [1.29, 1.82) is 0 Å². The molecular formula is C23H27F3N6OS. The largest absolute Gasteiger partial charge is 0.424 e. The number of nitrogens with one attached hydrogen (secondary N) is 1. The Balaban J connectivity index is 1.32. The van der Waals surface area contributed by atoms with Gasteiger partial charge in [-0.3, -0.25) is 0 Å². The van der Waals surface area contributed by atoms with E-state index in [1.807, 2.05) is 20.8 Å².